The third kappa shape index (κ3) is 1.75. The Labute approximate surface area is 99.3 Å². The van der Waals surface area contributed by atoms with Gasteiger partial charge in [-0.15, -0.1) is 0 Å². The van der Waals surface area contributed by atoms with Crippen molar-refractivity contribution in [1.82, 2.24) is 0 Å². The van der Waals surface area contributed by atoms with Crippen molar-refractivity contribution in [2.75, 3.05) is 0 Å². The van der Waals surface area contributed by atoms with Gasteiger partial charge in [-0.25, -0.2) is 0 Å². The van der Waals surface area contributed by atoms with E-state index in [0.717, 1.165) is 25.7 Å². The smallest absolute Gasteiger partial charge is 0.0605 e. The molecule has 2 aliphatic carbocycles. The molecule has 90 valence electrons. The normalized spacial score (nSPS) is 39.6. The number of aliphatic hydroxyl groups is 1. The Morgan fingerprint density at radius 3 is 2.81 bits per heavy atom. The van der Waals surface area contributed by atoms with Crippen LogP contribution in [0.3, 0.4) is 0 Å². The summed E-state index contributed by atoms with van der Waals surface area (Å²) < 4.78 is 0. The fourth-order valence-corrected chi connectivity index (χ4v) is 3.32. The fourth-order valence-electron chi connectivity index (χ4n) is 3.32. The maximum Gasteiger partial charge on any atom is 0.0605 e. The van der Waals surface area contributed by atoms with Gasteiger partial charge in [0.05, 0.1) is 6.10 Å². The van der Waals surface area contributed by atoms with E-state index in [9.17, 15) is 5.11 Å². The standard InChI is InChI=1S/C15H24O/c1-10(2)12-7-8-15(4)13(9-12)11(3)5-6-14(15)16/h7,10,13-14,16H,3,5-6,8-9H2,1-2,4H3. The molecule has 0 spiro atoms. The van der Waals surface area contributed by atoms with Crippen LogP contribution >= 0.6 is 0 Å². The van der Waals surface area contributed by atoms with Crippen LogP contribution in [0.1, 0.15) is 46.5 Å². The quantitative estimate of drug-likeness (QED) is 0.668. The highest BCUT2D eigenvalue weighted by molar-refractivity contribution is 5.24. The fraction of sp³-hybridized carbons (Fsp3) is 0.733. The molecule has 0 aliphatic heterocycles. The first-order valence-corrected chi connectivity index (χ1v) is 6.50. The summed E-state index contributed by atoms with van der Waals surface area (Å²) in [6.45, 7) is 11.0. The van der Waals surface area contributed by atoms with Crippen LogP contribution in [-0.4, -0.2) is 11.2 Å². The summed E-state index contributed by atoms with van der Waals surface area (Å²) in [7, 11) is 0. The van der Waals surface area contributed by atoms with Gasteiger partial charge in [0.25, 0.3) is 0 Å². The predicted octanol–water partition coefficient (Wildman–Crippen LogP) is 3.70. The molecule has 1 N–H and O–H groups in total. The minimum absolute atomic E-state index is 0.0493. The van der Waals surface area contributed by atoms with Gasteiger partial charge < -0.3 is 5.11 Å². The van der Waals surface area contributed by atoms with E-state index in [0.29, 0.717) is 11.8 Å². The Balaban J connectivity index is 2.29. The van der Waals surface area contributed by atoms with E-state index in [4.69, 9.17) is 0 Å². The third-order valence-corrected chi connectivity index (χ3v) is 4.77. The van der Waals surface area contributed by atoms with Gasteiger partial charge in [0.1, 0.15) is 0 Å². The lowest BCUT2D eigenvalue weighted by atomic mass is 9.57. The molecule has 0 aromatic carbocycles. The van der Waals surface area contributed by atoms with Crippen LogP contribution in [0.25, 0.3) is 0 Å². The van der Waals surface area contributed by atoms with E-state index in [1.165, 1.54) is 5.57 Å². The molecule has 2 rings (SSSR count). The lowest BCUT2D eigenvalue weighted by molar-refractivity contribution is -0.0226. The first-order chi connectivity index (χ1) is 7.45. The summed E-state index contributed by atoms with van der Waals surface area (Å²) in [6.07, 6.45) is 6.26. The molecule has 1 heteroatoms. The predicted molar refractivity (Wildman–Crippen MR) is 68.1 cm³/mol. The minimum Gasteiger partial charge on any atom is -0.393 e. The summed E-state index contributed by atoms with van der Waals surface area (Å²) in [4.78, 5) is 0. The molecule has 0 radical (unpaired) electrons. The average molecular weight is 220 g/mol. The van der Waals surface area contributed by atoms with Crippen molar-refractivity contribution in [3.05, 3.63) is 23.8 Å². The highest BCUT2D eigenvalue weighted by Gasteiger charge is 2.46. The number of aliphatic hydroxyl groups excluding tert-OH is 1. The summed E-state index contributed by atoms with van der Waals surface area (Å²) >= 11 is 0. The van der Waals surface area contributed by atoms with Gasteiger partial charge >= 0.3 is 0 Å². The molecule has 0 bridgehead atoms. The second-order valence-corrected chi connectivity index (χ2v) is 6.11. The summed E-state index contributed by atoms with van der Waals surface area (Å²) in [5, 5.41) is 10.2. The summed E-state index contributed by atoms with van der Waals surface area (Å²) in [6, 6.07) is 0. The Morgan fingerprint density at radius 1 is 1.50 bits per heavy atom. The van der Waals surface area contributed by atoms with Gasteiger partial charge in [0.2, 0.25) is 0 Å². The monoisotopic (exact) mass is 220 g/mol. The van der Waals surface area contributed by atoms with Crippen LogP contribution in [0.2, 0.25) is 0 Å². The van der Waals surface area contributed by atoms with E-state index in [2.05, 4.69) is 33.4 Å². The average Bonchev–Trinajstić information content (AvgIpc) is 2.24. The highest BCUT2D eigenvalue weighted by atomic mass is 16.3. The number of hydrogen-bond donors (Lipinski definition) is 1. The van der Waals surface area contributed by atoms with Gasteiger partial charge in [-0.2, -0.15) is 0 Å². The Kier molecular flexibility index (Phi) is 3.00. The second kappa shape index (κ2) is 4.03. The van der Waals surface area contributed by atoms with Crippen molar-refractivity contribution in [2.45, 2.75) is 52.6 Å². The van der Waals surface area contributed by atoms with Gasteiger partial charge in [0.15, 0.2) is 0 Å². The molecule has 3 atom stereocenters. The summed E-state index contributed by atoms with van der Waals surface area (Å²) in [5.41, 5.74) is 2.96. The minimum atomic E-state index is -0.145. The van der Waals surface area contributed by atoms with Crippen molar-refractivity contribution in [3.8, 4) is 0 Å². The molecule has 1 fully saturated rings. The first kappa shape index (κ1) is 11.9. The van der Waals surface area contributed by atoms with Crippen LogP contribution in [0.4, 0.5) is 0 Å². The lowest BCUT2D eigenvalue weighted by Crippen LogP contribution is -2.45. The SMILES string of the molecule is C=C1CCC(O)C2(C)CC=C(C(C)C)CC12. The Bertz CT molecular complexity index is 326. The van der Waals surface area contributed by atoms with Crippen molar-refractivity contribution < 1.29 is 5.11 Å². The van der Waals surface area contributed by atoms with Gasteiger partial charge in [0, 0.05) is 5.41 Å². The molecule has 2 aliphatic rings. The van der Waals surface area contributed by atoms with Gasteiger partial charge in [-0.05, 0) is 37.5 Å². The Hall–Kier alpha value is -0.560. The zero-order valence-electron chi connectivity index (χ0n) is 10.8. The van der Waals surface area contributed by atoms with Crippen LogP contribution in [0.5, 0.6) is 0 Å². The van der Waals surface area contributed by atoms with Gasteiger partial charge in [-0.1, -0.05) is 44.6 Å². The van der Waals surface area contributed by atoms with E-state index in [1.807, 2.05) is 0 Å². The van der Waals surface area contributed by atoms with E-state index in [-0.39, 0.29) is 11.5 Å². The van der Waals surface area contributed by atoms with E-state index < -0.39 is 0 Å². The van der Waals surface area contributed by atoms with Crippen LogP contribution < -0.4 is 0 Å². The van der Waals surface area contributed by atoms with Crippen molar-refractivity contribution in [1.29, 1.82) is 0 Å². The molecule has 1 saturated carbocycles. The number of allylic oxidation sites excluding steroid dienone is 3. The Morgan fingerprint density at radius 2 is 2.19 bits per heavy atom. The largest absolute Gasteiger partial charge is 0.393 e. The third-order valence-electron chi connectivity index (χ3n) is 4.77. The van der Waals surface area contributed by atoms with Crippen molar-refractivity contribution in [2.24, 2.45) is 17.3 Å². The number of fused-ring (bicyclic) bond motifs is 1. The summed E-state index contributed by atoms with van der Waals surface area (Å²) in [5.74, 6) is 1.13. The molecule has 3 unspecified atom stereocenters. The first-order valence-electron chi connectivity index (χ1n) is 6.50. The zero-order chi connectivity index (χ0) is 11.9. The number of hydrogen-bond acceptors (Lipinski definition) is 1. The van der Waals surface area contributed by atoms with Crippen LogP contribution in [0, 0.1) is 17.3 Å². The maximum atomic E-state index is 10.2. The van der Waals surface area contributed by atoms with E-state index in [1.54, 1.807) is 5.57 Å². The van der Waals surface area contributed by atoms with Crippen LogP contribution in [-0.2, 0) is 0 Å². The van der Waals surface area contributed by atoms with Crippen LogP contribution in [0.15, 0.2) is 23.8 Å². The molecular weight excluding hydrogens is 196 g/mol. The highest BCUT2D eigenvalue weighted by Crippen LogP contribution is 2.52. The molecule has 0 amide bonds. The topological polar surface area (TPSA) is 20.2 Å². The van der Waals surface area contributed by atoms with Crippen molar-refractivity contribution >= 4 is 0 Å². The molecule has 0 saturated heterocycles. The van der Waals surface area contributed by atoms with Gasteiger partial charge in [-0.3, -0.25) is 0 Å². The molecule has 16 heavy (non-hydrogen) atoms. The lowest BCUT2D eigenvalue weighted by Gasteiger charge is -2.49. The van der Waals surface area contributed by atoms with Crippen molar-refractivity contribution in [3.63, 3.8) is 0 Å². The molecule has 0 aromatic rings. The molecular formula is C15H24O. The maximum absolute atomic E-state index is 10.2. The zero-order valence-corrected chi connectivity index (χ0v) is 10.8. The molecule has 0 heterocycles. The molecule has 0 aromatic heterocycles. The second-order valence-electron chi connectivity index (χ2n) is 6.11. The molecule has 1 nitrogen and oxygen atoms in total. The number of rotatable bonds is 1. The van der Waals surface area contributed by atoms with E-state index >= 15 is 0 Å².